The third-order valence-corrected chi connectivity index (χ3v) is 3.98. The number of hydrogen-bond acceptors (Lipinski definition) is 1. The third kappa shape index (κ3) is 2.68. The fraction of sp³-hybridized carbons (Fsp3) is 0.167. The highest BCUT2D eigenvalue weighted by Gasteiger charge is 2.14. The molecule has 2 aromatic rings. The van der Waals surface area contributed by atoms with Crippen LogP contribution in [0.5, 0.6) is 0 Å². The molecule has 0 radical (unpaired) electrons. The van der Waals surface area contributed by atoms with Gasteiger partial charge in [0.25, 0.3) is 0 Å². The van der Waals surface area contributed by atoms with E-state index in [4.69, 9.17) is 0 Å². The summed E-state index contributed by atoms with van der Waals surface area (Å²) < 4.78 is 26.2. The van der Waals surface area contributed by atoms with E-state index < -0.39 is 11.6 Å². The Bertz CT molecular complexity index is 468. The van der Waals surface area contributed by atoms with E-state index in [1.165, 1.54) is 17.0 Å². The lowest BCUT2D eigenvalue weighted by Gasteiger charge is -2.09. The molecule has 1 heterocycles. The summed E-state index contributed by atoms with van der Waals surface area (Å²) in [6.45, 7) is 0. The predicted octanol–water partition coefficient (Wildman–Crippen LogP) is 4.71. The smallest absolute Gasteiger partial charge is 0.130 e. The molecule has 16 heavy (non-hydrogen) atoms. The van der Waals surface area contributed by atoms with E-state index in [9.17, 15) is 8.78 Å². The van der Waals surface area contributed by atoms with E-state index >= 15 is 0 Å². The summed E-state index contributed by atoms with van der Waals surface area (Å²) in [6.07, 6.45) is 0.709. The Morgan fingerprint density at radius 3 is 2.69 bits per heavy atom. The number of halogens is 3. The molecule has 2 rings (SSSR count). The zero-order valence-electron chi connectivity index (χ0n) is 8.29. The van der Waals surface area contributed by atoms with Crippen molar-refractivity contribution in [2.24, 2.45) is 0 Å². The third-order valence-electron chi connectivity index (χ3n) is 2.26. The highest BCUT2D eigenvalue weighted by Crippen LogP contribution is 2.30. The van der Waals surface area contributed by atoms with E-state index in [2.05, 4.69) is 15.9 Å². The van der Waals surface area contributed by atoms with E-state index in [1.807, 2.05) is 17.5 Å². The molecule has 1 unspecified atom stereocenters. The maximum Gasteiger partial charge on any atom is 0.130 e. The van der Waals surface area contributed by atoms with Gasteiger partial charge in [0, 0.05) is 21.3 Å². The Kier molecular flexibility index (Phi) is 3.71. The Labute approximate surface area is 105 Å². The van der Waals surface area contributed by atoms with Crippen LogP contribution in [-0.4, -0.2) is 0 Å². The topological polar surface area (TPSA) is 0 Å². The molecule has 0 saturated heterocycles. The van der Waals surface area contributed by atoms with Crippen LogP contribution < -0.4 is 0 Å². The maximum atomic E-state index is 13.5. The van der Waals surface area contributed by atoms with Gasteiger partial charge in [-0.05, 0) is 23.9 Å². The summed E-state index contributed by atoms with van der Waals surface area (Å²) in [5.41, 5.74) is 0.495. The van der Waals surface area contributed by atoms with Crippen molar-refractivity contribution < 1.29 is 8.78 Å². The van der Waals surface area contributed by atoms with E-state index in [0.717, 1.165) is 6.07 Å². The van der Waals surface area contributed by atoms with E-state index in [0.29, 0.717) is 12.0 Å². The molecule has 0 aliphatic carbocycles. The average molecular weight is 303 g/mol. The second-order valence-electron chi connectivity index (χ2n) is 3.42. The van der Waals surface area contributed by atoms with Crippen molar-refractivity contribution in [3.63, 3.8) is 0 Å². The first-order chi connectivity index (χ1) is 7.66. The summed E-state index contributed by atoms with van der Waals surface area (Å²) in [7, 11) is 0. The van der Waals surface area contributed by atoms with E-state index in [-0.39, 0.29) is 4.83 Å². The van der Waals surface area contributed by atoms with Gasteiger partial charge in [0.2, 0.25) is 0 Å². The largest absolute Gasteiger partial charge is 0.207 e. The van der Waals surface area contributed by atoms with Gasteiger partial charge in [-0.1, -0.05) is 28.1 Å². The summed E-state index contributed by atoms with van der Waals surface area (Å²) in [5.74, 6) is -1.05. The van der Waals surface area contributed by atoms with Crippen LogP contribution in [0.3, 0.4) is 0 Å². The molecule has 0 nitrogen and oxygen atoms in total. The minimum atomic E-state index is -0.544. The van der Waals surface area contributed by atoms with Crippen molar-refractivity contribution in [1.82, 2.24) is 0 Å². The molecule has 84 valence electrons. The average Bonchev–Trinajstić information content (AvgIpc) is 2.70. The van der Waals surface area contributed by atoms with Crippen molar-refractivity contribution in [3.05, 3.63) is 57.8 Å². The molecule has 1 aromatic carbocycles. The highest BCUT2D eigenvalue weighted by molar-refractivity contribution is 9.09. The van der Waals surface area contributed by atoms with Crippen LogP contribution in [0.15, 0.2) is 35.7 Å². The van der Waals surface area contributed by atoms with Gasteiger partial charge in [-0.2, -0.15) is 0 Å². The maximum absolute atomic E-state index is 13.5. The van der Waals surface area contributed by atoms with Crippen molar-refractivity contribution >= 4 is 27.3 Å². The fourth-order valence-electron chi connectivity index (χ4n) is 1.47. The minimum Gasteiger partial charge on any atom is -0.207 e. The lowest BCUT2D eigenvalue weighted by molar-refractivity contribution is 0.571. The van der Waals surface area contributed by atoms with Crippen molar-refractivity contribution in [2.75, 3.05) is 0 Å². The van der Waals surface area contributed by atoms with Gasteiger partial charge in [0.1, 0.15) is 11.6 Å². The molecule has 0 spiro atoms. The fourth-order valence-corrected chi connectivity index (χ4v) is 3.16. The van der Waals surface area contributed by atoms with Crippen LogP contribution in [-0.2, 0) is 6.42 Å². The van der Waals surface area contributed by atoms with E-state index in [1.54, 1.807) is 11.3 Å². The van der Waals surface area contributed by atoms with Gasteiger partial charge in [0.05, 0.1) is 0 Å². The van der Waals surface area contributed by atoms with Gasteiger partial charge in [0.15, 0.2) is 0 Å². The zero-order chi connectivity index (χ0) is 11.5. The monoisotopic (exact) mass is 302 g/mol. The molecular formula is C12H9BrF2S. The second-order valence-corrected chi connectivity index (χ2v) is 5.55. The summed E-state index contributed by atoms with van der Waals surface area (Å²) >= 11 is 5.06. The van der Waals surface area contributed by atoms with Crippen LogP contribution in [0.4, 0.5) is 8.78 Å². The molecule has 0 saturated carbocycles. The first-order valence-electron chi connectivity index (χ1n) is 4.78. The number of hydrogen-bond donors (Lipinski definition) is 0. The normalized spacial score (nSPS) is 12.7. The molecule has 1 atom stereocenters. The Balaban J connectivity index is 2.17. The van der Waals surface area contributed by atoms with Crippen LogP contribution >= 0.6 is 27.3 Å². The summed E-state index contributed by atoms with van der Waals surface area (Å²) in [4.78, 5) is 1.05. The van der Waals surface area contributed by atoms with Crippen molar-refractivity contribution in [2.45, 2.75) is 11.2 Å². The van der Waals surface area contributed by atoms with Crippen LogP contribution in [0, 0.1) is 11.6 Å². The molecule has 0 fully saturated rings. The Morgan fingerprint density at radius 2 is 2.06 bits per heavy atom. The molecule has 4 heteroatoms. The van der Waals surface area contributed by atoms with Crippen molar-refractivity contribution in [3.8, 4) is 0 Å². The summed E-state index contributed by atoms with van der Waals surface area (Å²) in [6, 6.07) is 7.64. The number of rotatable bonds is 3. The Morgan fingerprint density at radius 1 is 1.25 bits per heavy atom. The molecule has 0 bridgehead atoms. The van der Waals surface area contributed by atoms with Crippen LogP contribution in [0.25, 0.3) is 0 Å². The minimum absolute atomic E-state index is 0.119. The quantitative estimate of drug-likeness (QED) is 0.721. The number of thiophene rings is 1. The van der Waals surface area contributed by atoms with Gasteiger partial charge in [-0.3, -0.25) is 0 Å². The summed E-state index contributed by atoms with van der Waals surface area (Å²) in [5, 5.41) is 1.98. The van der Waals surface area contributed by atoms with Crippen molar-refractivity contribution in [1.29, 1.82) is 0 Å². The van der Waals surface area contributed by atoms with Crippen LogP contribution in [0.1, 0.15) is 15.3 Å². The zero-order valence-corrected chi connectivity index (χ0v) is 10.7. The number of alkyl halides is 1. The molecule has 0 amide bonds. The standard InChI is InChI=1S/C12H9BrF2S/c13-11(7-9-2-1-5-16-9)10-4-3-8(14)6-12(10)15/h1-6,11H,7H2. The van der Waals surface area contributed by atoms with Gasteiger partial charge >= 0.3 is 0 Å². The van der Waals surface area contributed by atoms with Crippen LogP contribution in [0.2, 0.25) is 0 Å². The lowest BCUT2D eigenvalue weighted by Crippen LogP contribution is -1.97. The SMILES string of the molecule is Fc1ccc(C(Br)Cc2cccs2)c(F)c1. The molecule has 0 aliphatic rings. The second kappa shape index (κ2) is 5.06. The highest BCUT2D eigenvalue weighted by atomic mass is 79.9. The molecule has 0 N–H and O–H groups in total. The van der Waals surface area contributed by atoms with Gasteiger partial charge in [-0.25, -0.2) is 8.78 Å². The Hall–Kier alpha value is -0.740. The number of benzene rings is 1. The predicted molar refractivity (Wildman–Crippen MR) is 66.0 cm³/mol. The lowest BCUT2D eigenvalue weighted by atomic mass is 10.1. The first-order valence-corrected chi connectivity index (χ1v) is 6.58. The first kappa shape index (κ1) is 11.7. The van der Waals surface area contributed by atoms with Gasteiger partial charge < -0.3 is 0 Å². The molecule has 1 aromatic heterocycles. The molecule has 0 aliphatic heterocycles. The van der Waals surface area contributed by atoms with Gasteiger partial charge in [-0.15, -0.1) is 11.3 Å². The molecular weight excluding hydrogens is 294 g/mol.